The van der Waals surface area contributed by atoms with Crippen LogP contribution in [0.3, 0.4) is 0 Å². The molecule has 1 rings (SSSR count). The summed E-state index contributed by atoms with van der Waals surface area (Å²) in [5.74, 6) is 0.0978. The molecule has 0 heterocycles. The van der Waals surface area contributed by atoms with Gasteiger partial charge in [0.15, 0.2) is 0 Å². The number of amides is 1. The average Bonchev–Trinajstić information content (AvgIpc) is 2.20. The first-order chi connectivity index (χ1) is 7.49. The van der Waals surface area contributed by atoms with Crippen LogP contribution in [0, 0.1) is 6.92 Å². The lowest BCUT2D eigenvalue weighted by Crippen LogP contribution is -2.35. The maximum atomic E-state index is 11.7. The van der Waals surface area contributed by atoms with Crippen LogP contribution < -0.4 is 5.32 Å². The van der Waals surface area contributed by atoms with Crippen LogP contribution in [-0.4, -0.2) is 17.2 Å². The molecule has 0 aliphatic carbocycles. The highest BCUT2D eigenvalue weighted by Gasteiger charge is 2.14. The summed E-state index contributed by atoms with van der Waals surface area (Å²) >= 11 is 1.59. The maximum absolute atomic E-state index is 11.7. The second-order valence-corrected chi connectivity index (χ2v) is 5.65. The number of aryl methyl sites for hydroxylation is 1. The zero-order valence-electron chi connectivity index (χ0n) is 10.3. The number of rotatable bonds is 4. The monoisotopic (exact) mass is 237 g/mol. The van der Waals surface area contributed by atoms with Crippen LogP contribution in [-0.2, 0) is 4.79 Å². The van der Waals surface area contributed by atoms with Crippen LogP contribution in [0.25, 0.3) is 0 Å². The summed E-state index contributed by atoms with van der Waals surface area (Å²) in [5, 5.41) is 2.86. The van der Waals surface area contributed by atoms with E-state index in [1.165, 1.54) is 5.56 Å². The molecule has 1 aromatic carbocycles. The number of carbonyl (C=O) groups is 1. The summed E-state index contributed by atoms with van der Waals surface area (Å²) in [7, 11) is 0. The molecule has 3 heteroatoms. The summed E-state index contributed by atoms with van der Waals surface area (Å²) in [6, 6.07) is 8.44. The Labute approximate surface area is 102 Å². The van der Waals surface area contributed by atoms with Gasteiger partial charge in [0, 0.05) is 10.9 Å². The van der Waals surface area contributed by atoms with E-state index in [4.69, 9.17) is 0 Å². The molecule has 1 atom stereocenters. The van der Waals surface area contributed by atoms with Crippen LogP contribution in [0.15, 0.2) is 29.2 Å². The summed E-state index contributed by atoms with van der Waals surface area (Å²) < 4.78 is 0. The second-order valence-electron chi connectivity index (χ2n) is 4.24. The van der Waals surface area contributed by atoms with Crippen molar-refractivity contribution in [2.24, 2.45) is 0 Å². The lowest BCUT2D eigenvalue weighted by atomic mass is 10.2. The number of hydrogen-bond donors (Lipinski definition) is 1. The molecule has 0 aliphatic rings. The van der Waals surface area contributed by atoms with Crippen molar-refractivity contribution in [3.05, 3.63) is 29.8 Å². The van der Waals surface area contributed by atoms with Crippen molar-refractivity contribution in [1.29, 1.82) is 0 Å². The first-order valence-corrected chi connectivity index (χ1v) is 6.40. The Morgan fingerprint density at radius 1 is 1.19 bits per heavy atom. The van der Waals surface area contributed by atoms with Gasteiger partial charge in [-0.3, -0.25) is 4.79 Å². The molecule has 1 amide bonds. The van der Waals surface area contributed by atoms with Gasteiger partial charge >= 0.3 is 0 Å². The van der Waals surface area contributed by atoms with Gasteiger partial charge in [0.25, 0.3) is 0 Å². The topological polar surface area (TPSA) is 29.1 Å². The summed E-state index contributed by atoms with van der Waals surface area (Å²) in [5.41, 5.74) is 1.24. The number of thioether (sulfide) groups is 1. The highest BCUT2D eigenvalue weighted by Crippen LogP contribution is 2.23. The standard InChI is InChI=1S/C13H19NOS/c1-9(2)14-13(15)11(4)16-12-7-5-10(3)6-8-12/h5-9,11H,1-4H3,(H,14,15)/t11-/m0/s1. The molecule has 0 aliphatic heterocycles. The van der Waals surface area contributed by atoms with E-state index >= 15 is 0 Å². The van der Waals surface area contributed by atoms with Crippen LogP contribution in [0.5, 0.6) is 0 Å². The Morgan fingerprint density at radius 2 is 1.75 bits per heavy atom. The van der Waals surface area contributed by atoms with Gasteiger partial charge in [-0.15, -0.1) is 11.8 Å². The van der Waals surface area contributed by atoms with Gasteiger partial charge in [-0.25, -0.2) is 0 Å². The third-order valence-corrected chi connectivity index (χ3v) is 3.25. The molecule has 88 valence electrons. The number of benzene rings is 1. The van der Waals surface area contributed by atoms with Crippen molar-refractivity contribution in [2.45, 2.75) is 43.9 Å². The van der Waals surface area contributed by atoms with Crippen molar-refractivity contribution < 1.29 is 4.79 Å². The Bertz CT molecular complexity index is 345. The van der Waals surface area contributed by atoms with Gasteiger partial charge in [0.2, 0.25) is 5.91 Å². The van der Waals surface area contributed by atoms with Crippen LogP contribution in [0.1, 0.15) is 26.3 Å². The summed E-state index contributed by atoms with van der Waals surface area (Å²) in [6.45, 7) is 7.94. The molecular weight excluding hydrogens is 218 g/mol. The Hall–Kier alpha value is -0.960. The third kappa shape index (κ3) is 4.27. The van der Waals surface area contributed by atoms with Gasteiger partial charge in [-0.05, 0) is 39.8 Å². The Kier molecular flexibility index (Phi) is 4.87. The van der Waals surface area contributed by atoms with E-state index in [-0.39, 0.29) is 17.2 Å². The largest absolute Gasteiger partial charge is 0.353 e. The smallest absolute Gasteiger partial charge is 0.233 e. The Morgan fingerprint density at radius 3 is 2.25 bits per heavy atom. The first kappa shape index (κ1) is 13.1. The molecular formula is C13H19NOS. The zero-order chi connectivity index (χ0) is 12.1. The molecule has 2 nitrogen and oxygen atoms in total. The predicted octanol–water partition coefficient (Wildman–Crippen LogP) is 3.00. The minimum Gasteiger partial charge on any atom is -0.353 e. The van der Waals surface area contributed by atoms with Crippen molar-refractivity contribution in [3.63, 3.8) is 0 Å². The van der Waals surface area contributed by atoms with Crippen molar-refractivity contribution in [3.8, 4) is 0 Å². The highest BCUT2D eigenvalue weighted by molar-refractivity contribution is 8.00. The van der Waals surface area contributed by atoms with Crippen molar-refractivity contribution >= 4 is 17.7 Å². The van der Waals surface area contributed by atoms with E-state index in [1.54, 1.807) is 11.8 Å². The van der Waals surface area contributed by atoms with Crippen molar-refractivity contribution in [1.82, 2.24) is 5.32 Å². The van der Waals surface area contributed by atoms with Crippen LogP contribution >= 0.6 is 11.8 Å². The molecule has 0 aromatic heterocycles. The first-order valence-electron chi connectivity index (χ1n) is 5.52. The molecule has 1 N–H and O–H groups in total. The summed E-state index contributed by atoms with van der Waals surface area (Å²) in [4.78, 5) is 12.8. The normalized spacial score (nSPS) is 12.6. The lowest BCUT2D eigenvalue weighted by molar-refractivity contribution is -0.120. The number of nitrogens with one attached hydrogen (secondary N) is 1. The molecule has 0 bridgehead atoms. The van der Waals surface area contributed by atoms with Gasteiger partial charge in [0.05, 0.1) is 5.25 Å². The van der Waals surface area contributed by atoms with Crippen LogP contribution in [0.4, 0.5) is 0 Å². The Balaban J connectivity index is 2.53. The fraction of sp³-hybridized carbons (Fsp3) is 0.462. The molecule has 0 saturated carbocycles. The van der Waals surface area contributed by atoms with E-state index in [1.807, 2.05) is 20.8 Å². The number of hydrogen-bond acceptors (Lipinski definition) is 2. The van der Waals surface area contributed by atoms with E-state index in [0.717, 1.165) is 4.90 Å². The second kappa shape index (κ2) is 5.94. The van der Waals surface area contributed by atoms with E-state index in [9.17, 15) is 4.79 Å². The minimum absolute atomic E-state index is 0.0508. The molecule has 0 unspecified atom stereocenters. The summed E-state index contributed by atoms with van der Waals surface area (Å²) in [6.07, 6.45) is 0. The SMILES string of the molecule is Cc1ccc(S[C@@H](C)C(=O)NC(C)C)cc1. The zero-order valence-corrected chi connectivity index (χ0v) is 11.1. The van der Waals surface area contributed by atoms with Gasteiger partial charge < -0.3 is 5.32 Å². The van der Waals surface area contributed by atoms with Crippen molar-refractivity contribution in [2.75, 3.05) is 0 Å². The molecule has 0 radical (unpaired) electrons. The van der Waals surface area contributed by atoms with E-state index in [2.05, 4.69) is 36.5 Å². The highest BCUT2D eigenvalue weighted by atomic mass is 32.2. The lowest BCUT2D eigenvalue weighted by Gasteiger charge is -2.14. The molecule has 16 heavy (non-hydrogen) atoms. The van der Waals surface area contributed by atoms with Crippen LogP contribution in [0.2, 0.25) is 0 Å². The van der Waals surface area contributed by atoms with Gasteiger partial charge in [0.1, 0.15) is 0 Å². The minimum atomic E-state index is -0.0508. The molecule has 1 aromatic rings. The van der Waals surface area contributed by atoms with E-state index < -0.39 is 0 Å². The fourth-order valence-corrected chi connectivity index (χ4v) is 2.15. The third-order valence-electron chi connectivity index (χ3n) is 2.13. The molecule has 0 fully saturated rings. The average molecular weight is 237 g/mol. The molecule has 0 spiro atoms. The fourth-order valence-electron chi connectivity index (χ4n) is 1.28. The molecule has 0 saturated heterocycles. The van der Waals surface area contributed by atoms with Gasteiger partial charge in [-0.2, -0.15) is 0 Å². The maximum Gasteiger partial charge on any atom is 0.233 e. The quantitative estimate of drug-likeness (QED) is 0.816. The van der Waals surface area contributed by atoms with Gasteiger partial charge in [-0.1, -0.05) is 17.7 Å². The predicted molar refractivity (Wildman–Crippen MR) is 69.8 cm³/mol. The number of carbonyl (C=O) groups excluding carboxylic acids is 1. The van der Waals surface area contributed by atoms with E-state index in [0.29, 0.717) is 0 Å².